The number of allylic oxidation sites excluding steroid dienone is 3. The van der Waals surface area contributed by atoms with Gasteiger partial charge in [0.15, 0.2) is 12.6 Å². The number of aliphatic hydroxyl groups is 8. The van der Waals surface area contributed by atoms with Gasteiger partial charge in [-0.2, -0.15) is 0 Å². The van der Waals surface area contributed by atoms with Gasteiger partial charge in [0, 0.05) is 6.42 Å². The van der Waals surface area contributed by atoms with E-state index in [0.717, 1.165) is 32.1 Å². The number of hydrogen-bond donors (Lipinski definition) is 9. The van der Waals surface area contributed by atoms with E-state index in [9.17, 15) is 45.6 Å². The van der Waals surface area contributed by atoms with Gasteiger partial charge in [-0.3, -0.25) is 4.79 Å². The van der Waals surface area contributed by atoms with Gasteiger partial charge in [0.1, 0.15) is 48.8 Å². The topological polar surface area (TPSA) is 228 Å². The van der Waals surface area contributed by atoms with Crippen molar-refractivity contribution < 1.29 is 64.6 Å². The first-order valence-electron chi connectivity index (χ1n) is 35.6. The van der Waals surface area contributed by atoms with Crippen molar-refractivity contribution in [3.63, 3.8) is 0 Å². The quantitative estimate of drug-likeness (QED) is 0.0204. The number of nitrogens with one attached hydrogen (secondary N) is 1. The molecule has 2 aliphatic rings. The van der Waals surface area contributed by atoms with Crippen LogP contribution >= 0.6 is 0 Å². The Kier molecular flexibility index (Phi) is 51.9. The van der Waals surface area contributed by atoms with Crippen LogP contribution in [0.1, 0.15) is 322 Å². The molecule has 0 aromatic heterocycles. The zero-order valence-corrected chi connectivity index (χ0v) is 53.9. The van der Waals surface area contributed by atoms with Crippen LogP contribution in [0.2, 0.25) is 0 Å². The highest BCUT2D eigenvalue weighted by atomic mass is 16.7. The smallest absolute Gasteiger partial charge is 0.220 e. The highest BCUT2D eigenvalue weighted by Crippen LogP contribution is 2.30. The Hall–Kier alpha value is -1.53. The second-order valence-electron chi connectivity index (χ2n) is 25.4. The van der Waals surface area contributed by atoms with Crippen LogP contribution in [-0.2, 0) is 23.7 Å². The van der Waals surface area contributed by atoms with Crippen LogP contribution in [0.3, 0.4) is 0 Å². The molecule has 0 aromatic carbocycles. The molecule has 2 aliphatic heterocycles. The van der Waals surface area contributed by atoms with E-state index in [1.54, 1.807) is 6.08 Å². The maximum absolute atomic E-state index is 13.3. The fourth-order valence-electron chi connectivity index (χ4n) is 12.0. The number of unbranched alkanes of at least 4 members (excludes halogenated alkanes) is 44. The highest BCUT2D eigenvalue weighted by molar-refractivity contribution is 5.76. The molecule has 14 heteroatoms. The molecule has 0 aromatic rings. The van der Waals surface area contributed by atoms with Crippen LogP contribution in [0.4, 0.5) is 0 Å². The molecule has 0 bridgehead atoms. The Morgan fingerprint density at radius 3 is 1.17 bits per heavy atom. The molecule has 0 aliphatic carbocycles. The highest BCUT2D eigenvalue weighted by Gasteiger charge is 2.51. The predicted octanol–water partition coefficient (Wildman–Crippen LogP) is 14.3. The standard InChI is InChI=1S/C70H133NO13/c1-3-5-7-9-11-13-15-17-19-21-23-25-26-27-28-29-30-31-32-33-34-35-37-39-41-43-45-47-49-51-53-59(74)58(71-62(75)54-52-50-48-46-44-42-40-38-36-24-22-20-18-16-14-12-10-8-6-4-2)57-81-69-67(80)65(78)68(61(56-73)83-69)84-70-66(79)64(77)63(76)60(55-72)82-70/h43,45,51,53,58-61,63-70,72-74,76-80H,3-42,44,46-50,52,54-57H2,1-2H3,(H,71,75)/b45-43+,53-51+. The number of carbonyl (C=O) groups excluding carboxylic acids is 1. The molecular weight excluding hydrogens is 1060 g/mol. The lowest BCUT2D eigenvalue weighted by molar-refractivity contribution is -0.359. The normalized spacial score (nSPS) is 23.7. The number of hydrogen-bond acceptors (Lipinski definition) is 13. The Balaban J connectivity index is 1.68. The number of amides is 1. The molecule has 0 spiro atoms. The van der Waals surface area contributed by atoms with E-state index in [-0.39, 0.29) is 18.9 Å². The maximum Gasteiger partial charge on any atom is 0.220 e. The Labute approximate surface area is 513 Å². The predicted molar refractivity (Wildman–Crippen MR) is 342 cm³/mol. The minimum absolute atomic E-state index is 0.242. The third kappa shape index (κ3) is 39.5. The lowest BCUT2D eigenvalue weighted by Crippen LogP contribution is -2.65. The summed E-state index contributed by atoms with van der Waals surface area (Å²) in [4.78, 5) is 13.3. The van der Waals surface area contributed by atoms with Crippen LogP contribution in [-0.4, -0.2) is 140 Å². The molecule has 496 valence electrons. The Morgan fingerprint density at radius 1 is 0.417 bits per heavy atom. The first-order chi connectivity index (χ1) is 41.1. The fourth-order valence-corrected chi connectivity index (χ4v) is 12.0. The zero-order chi connectivity index (χ0) is 60.9. The van der Waals surface area contributed by atoms with Crippen LogP contribution in [0.5, 0.6) is 0 Å². The second kappa shape index (κ2) is 55.5. The van der Waals surface area contributed by atoms with Gasteiger partial charge in [0.2, 0.25) is 5.91 Å². The van der Waals surface area contributed by atoms with E-state index in [0.29, 0.717) is 12.8 Å². The van der Waals surface area contributed by atoms with Crippen LogP contribution in [0.25, 0.3) is 0 Å². The molecule has 12 unspecified atom stereocenters. The van der Waals surface area contributed by atoms with Crippen LogP contribution in [0, 0.1) is 0 Å². The lowest BCUT2D eigenvalue weighted by atomic mass is 9.97. The van der Waals surface area contributed by atoms with Crippen molar-refractivity contribution in [2.45, 2.75) is 396 Å². The number of ether oxygens (including phenoxy) is 4. The van der Waals surface area contributed by atoms with Gasteiger partial charge >= 0.3 is 0 Å². The van der Waals surface area contributed by atoms with E-state index >= 15 is 0 Å². The molecule has 2 saturated heterocycles. The summed E-state index contributed by atoms with van der Waals surface area (Å²) >= 11 is 0. The van der Waals surface area contributed by atoms with E-state index in [1.807, 2.05) is 6.08 Å². The average molecular weight is 1200 g/mol. The Bertz CT molecular complexity index is 1500. The van der Waals surface area contributed by atoms with Gasteiger partial charge in [-0.1, -0.05) is 308 Å². The van der Waals surface area contributed by atoms with Crippen molar-refractivity contribution in [1.29, 1.82) is 0 Å². The Morgan fingerprint density at radius 2 is 0.762 bits per heavy atom. The van der Waals surface area contributed by atoms with Gasteiger partial charge in [-0.25, -0.2) is 0 Å². The minimum Gasteiger partial charge on any atom is -0.394 e. The summed E-state index contributed by atoms with van der Waals surface area (Å²) < 4.78 is 22.8. The van der Waals surface area contributed by atoms with Crippen molar-refractivity contribution >= 4 is 5.91 Å². The minimum atomic E-state index is -1.79. The summed E-state index contributed by atoms with van der Waals surface area (Å²) in [7, 11) is 0. The number of aliphatic hydroxyl groups excluding tert-OH is 8. The van der Waals surface area contributed by atoms with Crippen molar-refractivity contribution in [1.82, 2.24) is 5.32 Å². The van der Waals surface area contributed by atoms with Crippen molar-refractivity contribution in [3.05, 3.63) is 24.3 Å². The largest absolute Gasteiger partial charge is 0.394 e. The second-order valence-corrected chi connectivity index (χ2v) is 25.4. The first-order valence-corrected chi connectivity index (χ1v) is 35.6. The third-order valence-corrected chi connectivity index (χ3v) is 17.6. The fraction of sp³-hybridized carbons (Fsp3) is 0.929. The molecule has 2 heterocycles. The van der Waals surface area contributed by atoms with E-state index in [4.69, 9.17) is 18.9 Å². The molecule has 12 atom stereocenters. The summed E-state index contributed by atoms with van der Waals surface area (Å²) in [5.74, 6) is -0.242. The molecule has 14 nitrogen and oxygen atoms in total. The lowest BCUT2D eigenvalue weighted by Gasteiger charge is -2.46. The average Bonchev–Trinajstić information content (AvgIpc) is 3.64. The number of carbonyl (C=O) groups is 1. The van der Waals surface area contributed by atoms with Crippen molar-refractivity contribution in [2.75, 3.05) is 19.8 Å². The number of rotatable bonds is 59. The molecule has 0 radical (unpaired) electrons. The molecule has 2 rings (SSSR count). The zero-order valence-electron chi connectivity index (χ0n) is 53.9. The molecule has 9 N–H and O–H groups in total. The summed E-state index contributed by atoms with van der Waals surface area (Å²) in [6.45, 7) is 2.84. The van der Waals surface area contributed by atoms with E-state index in [2.05, 4.69) is 31.3 Å². The van der Waals surface area contributed by atoms with Gasteiger partial charge in [0.05, 0.1) is 32.0 Å². The van der Waals surface area contributed by atoms with Crippen molar-refractivity contribution in [2.24, 2.45) is 0 Å². The molecule has 2 fully saturated rings. The SMILES string of the molecule is CCCCCCCCCCCCCCCCCCCCCCCCCC/C=C/CC/C=C/C(O)C(COC1OC(CO)C(OC2OC(CO)C(O)C(O)C2O)C(O)C1O)NC(=O)CCCCCCCCCCCCCCCCCCCCCC. The molecule has 0 saturated carbocycles. The molecule has 84 heavy (non-hydrogen) atoms. The van der Waals surface area contributed by atoms with E-state index in [1.165, 1.54) is 257 Å². The maximum atomic E-state index is 13.3. The van der Waals surface area contributed by atoms with Gasteiger partial charge < -0.3 is 65.1 Å². The third-order valence-electron chi connectivity index (χ3n) is 17.6. The molecular formula is C70H133NO13. The van der Waals surface area contributed by atoms with Gasteiger partial charge in [-0.15, -0.1) is 0 Å². The van der Waals surface area contributed by atoms with Gasteiger partial charge in [-0.05, 0) is 32.1 Å². The molecule has 1 amide bonds. The summed E-state index contributed by atoms with van der Waals surface area (Å²) in [5.41, 5.74) is 0. The summed E-state index contributed by atoms with van der Waals surface area (Å²) in [5, 5.41) is 87.4. The summed E-state index contributed by atoms with van der Waals surface area (Å²) in [6.07, 6.45) is 52.5. The van der Waals surface area contributed by atoms with Crippen molar-refractivity contribution in [3.8, 4) is 0 Å². The monoisotopic (exact) mass is 1200 g/mol. The van der Waals surface area contributed by atoms with E-state index < -0.39 is 86.8 Å². The van der Waals surface area contributed by atoms with Crippen LogP contribution in [0.15, 0.2) is 24.3 Å². The van der Waals surface area contributed by atoms with Crippen LogP contribution < -0.4 is 5.32 Å². The summed E-state index contributed by atoms with van der Waals surface area (Å²) in [6, 6.07) is -0.929. The van der Waals surface area contributed by atoms with Gasteiger partial charge in [0.25, 0.3) is 0 Å². The first kappa shape index (κ1) is 78.6.